The molecule has 7 nitrogen and oxygen atoms in total. The molecule has 138 valence electrons. The molecule has 0 aliphatic heterocycles. The number of aromatic nitrogens is 2. The fourth-order valence-corrected chi connectivity index (χ4v) is 2.17. The first kappa shape index (κ1) is 20.4. The van der Waals surface area contributed by atoms with E-state index in [4.69, 9.17) is 9.99 Å². The lowest BCUT2D eigenvalue weighted by Crippen LogP contribution is -2.23. The fraction of sp³-hybridized carbons (Fsp3) is 0.375. The lowest BCUT2D eigenvalue weighted by Gasteiger charge is -2.14. The van der Waals surface area contributed by atoms with Gasteiger partial charge in [-0.2, -0.15) is 0 Å². The van der Waals surface area contributed by atoms with Crippen LogP contribution in [0.4, 0.5) is 8.78 Å². The Balaban J connectivity index is 0.000000705. The van der Waals surface area contributed by atoms with E-state index < -0.39 is 12.0 Å². The normalized spacial score (nSPS) is 10.2. The number of phenols is 1. The molecule has 2 rings (SSSR count). The number of benzene rings is 1. The second-order valence-corrected chi connectivity index (χ2v) is 4.95. The molecule has 0 bridgehead atoms. The van der Waals surface area contributed by atoms with Crippen molar-refractivity contribution in [3.8, 4) is 28.5 Å². The van der Waals surface area contributed by atoms with E-state index in [-0.39, 0.29) is 22.9 Å². The van der Waals surface area contributed by atoms with Gasteiger partial charge in [-0.25, -0.2) is 18.7 Å². The number of hydrogen-bond acceptors (Lipinski definition) is 6. The van der Waals surface area contributed by atoms with Crippen molar-refractivity contribution in [3.63, 3.8) is 0 Å². The van der Waals surface area contributed by atoms with E-state index in [1.807, 2.05) is 6.92 Å². The van der Waals surface area contributed by atoms with Crippen LogP contribution in [0.3, 0.4) is 0 Å². The third-order valence-corrected chi connectivity index (χ3v) is 3.19. The minimum Gasteiger partial charge on any atom is -0.508 e. The molecule has 9 heteroatoms. The first-order valence-corrected chi connectivity index (χ1v) is 7.33. The van der Waals surface area contributed by atoms with E-state index in [1.165, 1.54) is 20.2 Å². The average molecular weight is 358 g/mol. The molecule has 1 heterocycles. The van der Waals surface area contributed by atoms with Gasteiger partial charge in [0.1, 0.15) is 11.3 Å². The van der Waals surface area contributed by atoms with E-state index >= 15 is 0 Å². The molecule has 1 aromatic carbocycles. The van der Waals surface area contributed by atoms with Crippen LogP contribution in [0, 0.1) is 0 Å². The van der Waals surface area contributed by atoms with Crippen LogP contribution in [-0.2, 0) is 13.5 Å². The largest absolute Gasteiger partial charge is 0.508 e. The Hall–Kier alpha value is -2.68. The third kappa shape index (κ3) is 4.90. The van der Waals surface area contributed by atoms with Crippen LogP contribution in [0.2, 0.25) is 0 Å². The zero-order chi connectivity index (χ0) is 19.1. The minimum absolute atomic E-state index is 0.00951. The van der Waals surface area contributed by atoms with Gasteiger partial charge in [0.25, 0.3) is 11.4 Å². The molecule has 0 unspecified atom stereocenters. The van der Waals surface area contributed by atoms with Gasteiger partial charge in [-0.1, -0.05) is 13.0 Å². The summed E-state index contributed by atoms with van der Waals surface area (Å²) in [6, 6.07) is 4.61. The van der Waals surface area contributed by atoms with Crippen molar-refractivity contribution in [1.29, 1.82) is 0 Å². The number of rotatable bonds is 4. The topological polar surface area (TPSA) is 93.8 Å². The summed E-state index contributed by atoms with van der Waals surface area (Å²) >= 11 is 0. The van der Waals surface area contributed by atoms with Gasteiger partial charge < -0.3 is 14.7 Å². The number of aryl methyl sites for hydroxylation is 2. The minimum atomic E-state index is -2.17. The van der Waals surface area contributed by atoms with Crippen molar-refractivity contribution in [2.75, 3.05) is 7.11 Å². The van der Waals surface area contributed by atoms with Crippen molar-refractivity contribution in [2.45, 2.75) is 26.7 Å². The number of aromatic hydroxyl groups is 1. The average Bonchev–Trinajstić information content (AvgIpc) is 2.56. The molecule has 0 fully saturated rings. The predicted molar refractivity (Wildman–Crippen MR) is 87.4 cm³/mol. The van der Waals surface area contributed by atoms with Gasteiger partial charge in [0.15, 0.2) is 0 Å². The molecule has 0 saturated heterocycles. The molecule has 25 heavy (non-hydrogen) atoms. The molecule has 0 amide bonds. The van der Waals surface area contributed by atoms with E-state index in [0.29, 0.717) is 12.0 Å². The number of hydrogen-bond donors (Lipinski definition) is 2. The number of phenolic OH excluding ortho intramolecular Hbond substituents is 1. The first-order valence-electron chi connectivity index (χ1n) is 7.33. The summed E-state index contributed by atoms with van der Waals surface area (Å²) in [6.45, 7) is 2.72. The predicted octanol–water partition coefficient (Wildman–Crippen LogP) is 2.85. The Morgan fingerprint density at radius 2 is 1.96 bits per heavy atom. The highest BCUT2D eigenvalue weighted by atomic mass is 19.3. The van der Waals surface area contributed by atoms with E-state index in [1.54, 1.807) is 12.1 Å². The SMILES string of the molecule is CC(F)F.CCc1cc(O)ccc1-c1c(OO)c(OC)nn(C)c1=O. The molecule has 0 aliphatic rings. The summed E-state index contributed by atoms with van der Waals surface area (Å²) in [6.07, 6.45) is -1.58. The summed E-state index contributed by atoms with van der Waals surface area (Å²) in [7, 11) is 2.83. The fourth-order valence-electron chi connectivity index (χ4n) is 2.17. The molecule has 0 spiro atoms. The van der Waals surface area contributed by atoms with Crippen molar-refractivity contribution in [1.82, 2.24) is 9.78 Å². The van der Waals surface area contributed by atoms with Gasteiger partial charge in [-0.15, -0.1) is 5.10 Å². The smallest absolute Gasteiger partial charge is 0.279 e. The highest BCUT2D eigenvalue weighted by Crippen LogP contribution is 2.36. The molecule has 2 N–H and O–H groups in total. The van der Waals surface area contributed by atoms with Crippen LogP contribution in [0.1, 0.15) is 19.4 Å². The summed E-state index contributed by atoms with van der Waals surface area (Å²) < 4.78 is 26.8. The van der Waals surface area contributed by atoms with Crippen LogP contribution in [0.15, 0.2) is 23.0 Å². The number of nitrogens with zero attached hydrogens (tertiary/aromatic N) is 2. The monoisotopic (exact) mass is 358 g/mol. The second kappa shape index (κ2) is 8.97. The number of ether oxygens (including phenoxy) is 1. The zero-order valence-electron chi connectivity index (χ0n) is 14.3. The first-order chi connectivity index (χ1) is 11.8. The van der Waals surface area contributed by atoms with Crippen LogP contribution < -0.4 is 15.2 Å². The molecule has 2 aromatic rings. The molecule has 0 atom stereocenters. The summed E-state index contributed by atoms with van der Waals surface area (Å²) in [5, 5.41) is 22.5. The molecule has 1 aromatic heterocycles. The summed E-state index contributed by atoms with van der Waals surface area (Å²) in [4.78, 5) is 16.7. The Bertz CT molecular complexity index is 775. The van der Waals surface area contributed by atoms with Gasteiger partial charge in [0.2, 0.25) is 12.2 Å². The Labute approximate surface area is 143 Å². The van der Waals surface area contributed by atoms with Crippen molar-refractivity contribution in [3.05, 3.63) is 34.1 Å². The van der Waals surface area contributed by atoms with Crippen LogP contribution in [0.5, 0.6) is 17.4 Å². The highest BCUT2D eigenvalue weighted by molar-refractivity contribution is 5.75. The maximum atomic E-state index is 12.4. The van der Waals surface area contributed by atoms with Crippen molar-refractivity contribution >= 4 is 0 Å². The van der Waals surface area contributed by atoms with Crippen LogP contribution in [0.25, 0.3) is 11.1 Å². The highest BCUT2D eigenvalue weighted by Gasteiger charge is 2.22. The van der Waals surface area contributed by atoms with Gasteiger partial charge >= 0.3 is 0 Å². The van der Waals surface area contributed by atoms with Gasteiger partial charge in [-0.3, -0.25) is 4.79 Å². The van der Waals surface area contributed by atoms with Crippen LogP contribution in [-0.4, -0.2) is 33.7 Å². The zero-order valence-corrected chi connectivity index (χ0v) is 14.3. The Kier molecular flexibility index (Phi) is 7.31. The lowest BCUT2D eigenvalue weighted by molar-refractivity contribution is -0.139. The standard InChI is InChI=1S/C14H16N2O5.C2H4F2/c1-4-8-7-9(17)5-6-10(8)11-12(21-19)13(20-3)15-16(2)14(11)18;1-2(3)4/h5-7,17,19H,4H2,1-3H3;2H,1H3. The molecular weight excluding hydrogens is 338 g/mol. The van der Waals surface area contributed by atoms with Gasteiger partial charge in [-0.05, 0) is 36.6 Å². The Morgan fingerprint density at radius 1 is 1.36 bits per heavy atom. The van der Waals surface area contributed by atoms with Gasteiger partial charge in [0.05, 0.1) is 7.11 Å². The number of methoxy groups -OCH3 is 1. The number of halogens is 2. The molecule has 0 saturated carbocycles. The quantitative estimate of drug-likeness (QED) is 0.645. The third-order valence-electron chi connectivity index (χ3n) is 3.19. The maximum Gasteiger partial charge on any atom is 0.279 e. The van der Waals surface area contributed by atoms with Crippen molar-refractivity contribution < 1.29 is 28.8 Å². The summed E-state index contributed by atoms with van der Waals surface area (Å²) in [5.41, 5.74) is 0.961. The number of alkyl halides is 2. The van der Waals surface area contributed by atoms with Crippen molar-refractivity contribution in [2.24, 2.45) is 7.05 Å². The lowest BCUT2D eigenvalue weighted by atomic mass is 9.98. The van der Waals surface area contributed by atoms with Gasteiger partial charge in [0, 0.05) is 7.05 Å². The second-order valence-electron chi connectivity index (χ2n) is 4.95. The van der Waals surface area contributed by atoms with E-state index in [0.717, 1.165) is 17.2 Å². The maximum absolute atomic E-state index is 12.4. The molecule has 0 aliphatic carbocycles. The molecular formula is C16H20F2N2O5. The van der Waals surface area contributed by atoms with E-state index in [9.17, 15) is 18.7 Å². The molecule has 0 radical (unpaired) electrons. The Morgan fingerprint density at radius 3 is 2.44 bits per heavy atom. The van der Waals surface area contributed by atoms with Crippen LogP contribution >= 0.6 is 0 Å². The van der Waals surface area contributed by atoms with E-state index in [2.05, 4.69) is 9.99 Å². The summed E-state index contributed by atoms with van der Waals surface area (Å²) in [5.74, 6) is -0.0642.